The summed E-state index contributed by atoms with van der Waals surface area (Å²) in [5.74, 6) is 0. The van der Waals surface area contributed by atoms with Crippen LogP contribution in [-0.4, -0.2) is 59.2 Å². The van der Waals surface area contributed by atoms with E-state index in [1.165, 1.54) is 56.4 Å². The molecule has 0 aromatic heterocycles. The normalized spacial score (nSPS) is 18.1. The highest BCUT2D eigenvalue weighted by Gasteiger charge is 2.51. The molecule has 1 saturated heterocycles. The predicted molar refractivity (Wildman–Crippen MR) is 133 cm³/mol. The first-order valence-electron chi connectivity index (χ1n) is 12.7. The van der Waals surface area contributed by atoms with Gasteiger partial charge in [0.15, 0.2) is 5.60 Å². The first-order chi connectivity index (χ1) is 16.5. The summed E-state index contributed by atoms with van der Waals surface area (Å²) in [7, 11) is 0. The Morgan fingerprint density at radius 2 is 1.60 bits per heavy atom. The van der Waals surface area contributed by atoms with Crippen LogP contribution in [0.15, 0.2) is 24.3 Å². The first kappa shape index (κ1) is 30.9. The van der Waals surface area contributed by atoms with Gasteiger partial charge in [-0.1, -0.05) is 62.9 Å². The number of likely N-dealkylation sites (tertiary alicyclic amines) is 1. The van der Waals surface area contributed by atoms with Crippen LogP contribution >= 0.6 is 0 Å². The molecule has 2 fully saturated rings. The van der Waals surface area contributed by atoms with Gasteiger partial charge in [-0.25, -0.2) is 0 Å². The van der Waals surface area contributed by atoms with Gasteiger partial charge in [0.2, 0.25) is 6.41 Å². The molecule has 1 aliphatic carbocycles. The summed E-state index contributed by atoms with van der Waals surface area (Å²) in [6.07, 6.45) is 5.59. The topological polar surface area (TPSA) is 67.6 Å². The highest BCUT2D eigenvalue weighted by molar-refractivity contribution is 5.49. The molecule has 1 unspecified atom stereocenters. The molecule has 0 bridgehead atoms. The van der Waals surface area contributed by atoms with Crippen molar-refractivity contribution in [2.75, 3.05) is 19.6 Å². The summed E-state index contributed by atoms with van der Waals surface area (Å²) >= 11 is 0. The summed E-state index contributed by atoms with van der Waals surface area (Å²) in [5, 5.41) is 17.8. The lowest BCUT2D eigenvalue weighted by Crippen LogP contribution is -2.45. The van der Waals surface area contributed by atoms with Gasteiger partial charge in [0.05, 0.1) is 6.07 Å². The van der Waals surface area contributed by atoms with Crippen LogP contribution in [0, 0.1) is 18.3 Å². The van der Waals surface area contributed by atoms with Crippen molar-refractivity contribution < 1.29 is 23.1 Å². The lowest BCUT2D eigenvalue weighted by atomic mass is 9.95. The summed E-state index contributed by atoms with van der Waals surface area (Å²) in [6, 6.07) is 8.80. The number of hydrogen-bond donors (Lipinski definition) is 1. The minimum Gasteiger partial charge on any atom is -0.376 e. The van der Waals surface area contributed by atoms with E-state index in [1.54, 1.807) is 6.92 Å². The fourth-order valence-electron chi connectivity index (χ4n) is 3.89. The molecule has 1 aliphatic heterocycles. The van der Waals surface area contributed by atoms with Gasteiger partial charge >= 0.3 is 6.18 Å². The van der Waals surface area contributed by atoms with Crippen molar-refractivity contribution in [2.45, 2.75) is 103 Å². The van der Waals surface area contributed by atoms with Crippen molar-refractivity contribution in [3.8, 4) is 6.07 Å². The molecule has 198 valence electrons. The zero-order valence-electron chi connectivity index (χ0n) is 21.7. The van der Waals surface area contributed by atoms with E-state index in [1.807, 2.05) is 4.90 Å². The van der Waals surface area contributed by atoms with Crippen LogP contribution in [-0.2, 0) is 10.4 Å². The average Bonchev–Trinajstić information content (AvgIpc) is 3.65. The minimum atomic E-state index is -4.65. The Balaban J connectivity index is 0.000000297. The number of halogens is 3. The van der Waals surface area contributed by atoms with E-state index in [0.29, 0.717) is 18.5 Å². The number of nitrogens with zero attached hydrogens (tertiary/aromatic N) is 3. The number of hydrogen-bond acceptors (Lipinski definition) is 4. The number of unbranched alkanes of at least 4 members (excludes halogenated alkanes) is 2. The number of benzene rings is 1. The van der Waals surface area contributed by atoms with Gasteiger partial charge in [0.1, 0.15) is 0 Å². The summed E-state index contributed by atoms with van der Waals surface area (Å²) < 4.78 is 37.1. The SMILES string of the molecule is CCCCC.Cc1ccc(C(C)(O)C(F)(F)F)cc1.N#CCCN1CCC(N(C=O)C2CC2)CC1. The van der Waals surface area contributed by atoms with Gasteiger partial charge in [-0.05, 0) is 45.1 Å². The fraction of sp³-hybridized carbons (Fsp3) is 0.704. The third-order valence-electron chi connectivity index (χ3n) is 6.48. The lowest BCUT2D eigenvalue weighted by molar-refractivity contribution is -0.258. The van der Waals surface area contributed by atoms with E-state index in [-0.39, 0.29) is 5.56 Å². The first-order valence-corrected chi connectivity index (χ1v) is 12.7. The molecule has 0 radical (unpaired) electrons. The Morgan fingerprint density at radius 1 is 1.09 bits per heavy atom. The Morgan fingerprint density at radius 3 is 1.97 bits per heavy atom. The molecule has 8 heteroatoms. The van der Waals surface area contributed by atoms with Gasteiger partial charge in [-0.3, -0.25) is 4.79 Å². The molecule has 1 N–H and O–H groups in total. The van der Waals surface area contributed by atoms with Crippen molar-refractivity contribution in [3.05, 3.63) is 35.4 Å². The molecule has 0 spiro atoms. The molecule has 1 amide bonds. The van der Waals surface area contributed by atoms with E-state index in [0.717, 1.165) is 51.4 Å². The van der Waals surface area contributed by atoms with E-state index in [4.69, 9.17) is 5.26 Å². The zero-order valence-corrected chi connectivity index (χ0v) is 21.7. The van der Waals surface area contributed by atoms with Crippen molar-refractivity contribution in [2.24, 2.45) is 0 Å². The van der Waals surface area contributed by atoms with Crippen molar-refractivity contribution >= 4 is 6.41 Å². The number of carbonyl (C=O) groups is 1. The maximum absolute atomic E-state index is 12.4. The molecule has 1 saturated carbocycles. The van der Waals surface area contributed by atoms with Gasteiger partial charge in [0, 0.05) is 38.1 Å². The third-order valence-corrected chi connectivity index (χ3v) is 6.48. The van der Waals surface area contributed by atoms with Crippen molar-refractivity contribution in [1.29, 1.82) is 5.26 Å². The van der Waals surface area contributed by atoms with Crippen LogP contribution in [0.5, 0.6) is 0 Å². The number of nitriles is 1. The molecule has 1 atom stereocenters. The summed E-state index contributed by atoms with van der Waals surface area (Å²) in [5.41, 5.74) is -2.07. The quantitative estimate of drug-likeness (QED) is 0.451. The molecule has 2 aliphatic rings. The minimum absolute atomic E-state index is 0.143. The molecule has 35 heavy (non-hydrogen) atoms. The third kappa shape index (κ3) is 10.6. The highest BCUT2D eigenvalue weighted by Crippen LogP contribution is 2.38. The summed E-state index contributed by atoms with van der Waals surface area (Å²) in [4.78, 5) is 15.4. The predicted octanol–water partition coefficient (Wildman–Crippen LogP) is 5.95. The van der Waals surface area contributed by atoms with Gasteiger partial charge in [-0.2, -0.15) is 18.4 Å². The van der Waals surface area contributed by atoms with Crippen LogP contribution in [0.4, 0.5) is 13.2 Å². The van der Waals surface area contributed by atoms with Gasteiger partial charge in [-0.15, -0.1) is 0 Å². The number of carbonyl (C=O) groups excluding carboxylic acids is 1. The molecule has 1 aromatic rings. The number of alkyl halides is 3. The van der Waals surface area contributed by atoms with Gasteiger partial charge in [0.25, 0.3) is 0 Å². The Kier molecular flexibility index (Phi) is 13.3. The highest BCUT2D eigenvalue weighted by atomic mass is 19.4. The van der Waals surface area contributed by atoms with Crippen LogP contribution < -0.4 is 0 Å². The van der Waals surface area contributed by atoms with E-state index >= 15 is 0 Å². The smallest absolute Gasteiger partial charge is 0.376 e. The maximum Gasteiger partial charge on any atom is 0.421 e. The van der Waals surface area contributed by atoms with Crippen molar-refractivity contribution in [1.82, 2.24) is 9.80 Å². The van der Waals surface area contributed by atoms with Crippen LogP contribution in [0.3, 0.4) is 0 Å². The van der Waals surface area contributed by atoms with Crippen LogP contribution in [0.1, 0.15) is 83.3 Å². The number of aryl methyl sites for hydroxylation is 1. The number of rotatable bonds is 8. The van der Waals surface area contributed by atoms with Crippen LogP contribution in [0.2, 0.25) is 0 Å². The lowest BCUT2D eigenvalue weighted by Gasteiger charge is -2.36. The fourth-order valence-corrected chi connectivity index (χ4v) is 3.89. The van der Waals surface area contributed by atoms with Crippen molar-refractivity contribution in [3.63, 3.8) is 0 Å². The molecule has 1 heterocycles. The van der Waals surface area contributed by atoms with E-state index < -0.39 is 11.8 Å². The number of amides is 1. The second-order valence-electron chi connectivity index (χ2n) is 9.55. The Bertz CT molecular complexity index is 761. The molecular formula is C27H42F3N3O2. The average molecular weight is 498 g/mol. The second-order valence-corrected chi connectivity index (χ2v) is 9.55. The number of aliphatic hydroxyl groups is 1. The zero-order chi connectivity index (χ0) is 26.5. The standard InChI is InChI=1S/C12H19N3O.C10H11F3O.C5H12/c13-6-1-7-14-8-4-12(5-9-14)15(10-16)11-2-3-11;1-7-3-5-8(6-4-7)9(2,14)10(11,12)13;1-3-5-4-2/h10-12H,1-5,7-9H2;3-6,14H,1-2H3;3-5H2,1-2H3. The molecule has 3 rings (SSSR count). The van der Waals surface area contributed by atoms with Gasteiger partial charge < -0.3 is 14.9 Å². The van der Waals surface area contributed by atoms with E-state index in [9.17, 15) is 23.1 Å². The molecule has 5 nitrogen and oxygen atoms in total. The summed E-state index contributed by atoms with van der Waals surface area (Å²) in [6.45, 7) is 9.89. The number of piperidine rings is 1. The van der Waals surface area contributed by atoms with E-state index in [2.05, 4.69) is 24.8 Å². The molecule has 1 aromatic carbocycles. The monoisotopic (exact) mass is 497 g/mol. The second kappa shape index (κ2) is 15.1. The largest absolute Gasteiger partial charge is 0.421 e. The molecular weight excluding hydrogens is 455 g/mol. The van der Waals surface area contributed by atoms with Crippen LogP contribution in [0.25, 0.3) is 0 Å². The Hall–Kier alpha value is -2.11. The Labute approximate surface area is 208 Å². The maximum atomic E-state index is 12.4.